The number of hydrogen-bond acceptors (Lipinski definition) is 4. The molecule has 1 amide bonds. The van der Waals surface area contributed by atoms with Gasteiger partial charge in [-0.2, -0.15) is 4.68 Å². The summed E-state index contributed by atoms with van der Waals surface area (Å²) >= 11 is 3.32. The molecule has 0 radical (unpaired) electrons. The molecular formula is C15H11BrFN5O. The van der Waals surface area contributed by atoms with E-state index in [2.05, 4.69) is 36.8 Å². The molecule has 0 unspecified atom stereocenters. The molecule has 0 aliphatic carbocycles. The summed E-state index contributed by atoms with van der Waals surface area (Å²) < 4.78 is 15.3. The van der Waals surface area contributed by atoms with Gasteiger partial charge in [-0.1, -0.05) is 15.9 Å². The van der Waals surface area contributed by atoms with Crippen LogP contribution in [-0.4, -0.2) is 26.1 Å². The average molecular weight is 376 g/mol. The smallest absolute Gasteiger partial charge is 0.251 e. The first-order valence-corrected chi connectivity index (χ1v) is 7.50. The third-order valence-electron chi connectivity index (χ3n) is 3.12. The molecule has 6 nitrogen and oxygen atoms in total. The number of tetrazole rings is 1. The van der Waals surface area contributed by atoms with Gasteiger partial charge in [0.05, 0.1) is 12.2 Å². The Morgan fingerprint density at radius 2 is 1.83 bits per heavy atom. The van der Waals surface area contributed by atoms with Crippen LogP contribution in [-0.2, 0) is 6.54 Å². The number of halogens is 2. The standard InChI is InChI=1S/C15H11BrFN5O/c16-11-3-1-10(2-4-11)15(23)18-9-14-19-20-21-22(14)13-7-5-12(17)6-8-13/h1-8H,9H2,(H,18,23). The number of hydrogen-bond donors (Lipinski definition) is 1. The van der Waals surface area contributed by atoms with Crippen molar-refractivity contribution in [2.75, 3.05) is 0 Å². The topological polar surface area (TPSA) is 72.7 Å². The van der Waals surface area contributed by atoms with Gasteiger partial charge in [0.25, 0.3) is 5.91 Å². The number of rotatable bonds is 4. The molecule has 0 saturated heterocycles. The summed E-state index contributed by atoms with van der Waals surface area (Å²) in [5.74, 6) is -0.125. The largest absolute Gasteiger partial charge is 0.345 e. The van der Waals surface area contributed by atoms with Gasteiger partial charge in [-0.25, -0.2) is 4.39 Å². The van der Waals surface area contributed by atoms with E-state index in [1.807, 2.05) is 0 Å². The van der Waals surface area contributed by atoms with Gasteiger partial charge in [0.2, 0.25) is 0 Å². The highest BCUT2D eigenvalue weighted by molar-refractivity contribution is 9.10. The number of nitrogens with one attached hydrogen (secondary N) is 1. The second-order valence-corrected chi connectivity index (χ2v) is 5.59. The van der Waals surface area contributed by atoms with Gasteiger partial charge < -0.3 is 5.32 Å². The Hall–Kier alpha value is -2.61. The summed E-state index contributed by atoms with van der Waals surface area (Å²) in [5.41, 5.74) is 1.15. The minimum Gasteiger partial charge on any atom is -0.345 e. The van der Waals surface area contributed by atoms with E-state index in [1.54, 1.807) is 36.4 Å². The van der Waals surface area contributed by atoms with Gasteiger partial charge in [0.15, 0.2) is 5.82 Å². The van der Waals surface area contributed by atoms with Gasteiger partial charge in [-0.15, -0.1) is 5.10 Å². The van der Waals surface area contributed by atoms with E-state index in [0.29, 0.717) is 17.1 Å². The molecular weight excluding hydrogens is 365 g/mol. The highest BCUT2D eigenvalue weighted by Gasteiger charge is 2.11. The minimum absolute atomic E-state index is 0.152. The number of amides is 1. The van der Waals surface area contributed by atoms with Gasteiger partial charge in [-0.3, -0.25) is 4.79 Å². The fourth-order valence-electron chi connectivity index (χ4n) is 1.96. The molecule has 1 aromatic heterocycles. The van der Waals surface area contributed by atoms with Crippen LogP contribution in [0.15, 0.2) is 53.0 Å². The van der Waals surface area contributed by atoms with Gasteiger partial charge >= 0.3 is 0 Å². The maximum atomic E-state index is 13.0. The van der Waals surface area contributed by atoms with E-state index in [-0.39, 0.29) is 18.3 Å². The fraction of sp³-hybridized carbons (Fsp3) is 0.0667. The Morgan fingerprint density at radius 1 is 1.13 bits per heavy atom. The number of nitrogens with zero attached hydrogens (tertiary/aromatic N) is 4. The second kappa shape index (κ2) is 6.66. The van der Waals surface area contributed by atoms with Crippen molar-refractivity contribution >= 4 is 21.8 Å². The lowest BCUT2D eigenvalue weighted by Crippen LogP contribution is -2.24. The van der Waals surface area contributed by atoms with Crippen molar-refractivity contribution in [2.24, 2.45) is 0 Å². The molecule has 1 N–H and O–H groups in total. The van der Waals surface area contributed by atoms with Crippen LogP contribution in [0.2, 0.25) is 0 Å². The van der Waals surface area contributed by atoms with Crippen molar-refractivity contribution in [3.63, 3.8) is 0 Å². The molecule has 0 spiro atoms. The van der Waals surface area contributed by atoms with Crippen LogP contribution in [0.1, 0.15) is 16.2 Å². The van der Waals surface area contributed by atoms with Gasteiger partial charge in [0, 0.05) is 10.0 Å². The predicted octanol–water partition coefficient (Wildman–Crippen LogP) is 2.49. The Bertz CT molecular complexity index is 817. The Labute approximate surface area is 139 Å². The number of benzene rings is 2. The molecule has 8 heteroatoms. The average Bonchev–Trinajstić information content (AvgIpc) is 3.02. The normalized spacial score (nSPS) is 10.5. The predicted molar refractivity (Wildman–Crippen MR) is 84.4 cm³/mol. The van der Waals surface area contributed by atoms with Crippen LogP contribution in [0.3, 0.4) is 0 Å². The number of aromatic nitrogens is 4. The third-order valence-corrected chi connectivity index (χ3v) is 3.65. The van der Waals surface area contributed by atoms with E-state index in [0.717, 1.165) is 4.47 Å². The van der Waals surface area contributed by atoms with Crippen molar-refractivity contribution in [3.8, 4) is 5.69 Å². The monoisotopic (exact) mass is 375 g/mol. The third kappa shape index (κ3) is 3.59. The summed E-state index contributed by atoms with van der Waals surface area (Å²) in [6.07, 6.45) is 0. The van der Waals surface area contributed by atoms with Crippen LogP contribution in [0.5, 0.6) is 0 Å². The highest BCUT2D eigenvalue weighted by Crippen LogP contribution is 2.11. The fourth-order valence-corrected chi connectivity index (χ4v) is 2.23. The number of carbonyl (C=O) groups excluding carboxylic acids is 1. The zero-order chi connectivity index (χ0) is 16.2. The molecule has 0 aliphatic heterocycles. The Morgan fingerprint density at radius 3 is 2.52 bits per heavy atom. The molecule has 1 heterocycles. The van der Waals surface area contributed by atoms with E-state index in [1.165, 1.54) is 16.8 Å². The van der Waals surface area contributed by atoms with Crippen LogP contribution >= 0.6 is 15.9 Å². The molecule has 3 rings (SSSR count). The van der Waals surface area contributed by atoms with Crippen molar-refractivity contribution in [1.29, 1.82) is 0 Å². The second-order valence-electron chi connectivity index (χ2n) is 4.67. The molecule has 0 aliphatic rings. The summed E-state index contributed by atoms with van der Waals surface area (Å²) in [4.78, 5) is 12.1. The van der Waals surface area contributed by atoms with E-state index in [4.69, 9.17) is 0 Å². The minimum atomic E-state index is -0.341. The molecule has 116 valence electrons. The molecule has 23 heavy (non-hydrogen) atoms. The lowest BCUT2D eigenvalue weighted by Gasteiger charge is -2.06. The summed E-state index contributed by atoms with van der Waals surface area (Å²) in [5, 5.41) is 14.1. The Balaban J connectivity index is 1.72. The van der Waals surface area contributed by atoms with Crippen LogP contribution in [0.4, 0.5) is 4.39 Å². The number of carbonyl (C=O) groups is 1. The lowest BCUT2D eigenvalue weighted by atomic mass is 10.2. The van der Waals surface area contributed by atoms with Gasteiger partial charge in [-0.05, 0) is 59.0 Å². The van der Waals surface area contributed by atoms with Crippen LogP contribution in [0.25, 0.3) is 5.69 Å². The maximum Gasteiger partial charge on any atom is 0.251 e. The first-order chi connectivity index (χ1) is 11.1. The quantitative estimate of drug-likeness (QED) is 0.760. The van der Waals surface area contributed by atoms with Crippen LogP contribution < -0.4 is 5.32 Å². The molecule has 0 atom stereocenters. The van der Waals surface area contributed by atoms with Gasteiger partial charge in [0.1, 0.15) is 5.82 Å². The molecule has 0 bridgehead atoms. The van der Waals surface area contributed by atoms with Crippen molar-refractivity contribution in [3.05, 3.63) is 70.2 Å². The Kier molecular flexibility index (Phi) is 4.42. The molecule has 0 saturated carbocycles. The highest BCUT2D eigenvalue weighted by atomic mass is 79.9. The molecule has 0 fully saturated rings. The maximum absolute atomic E-state index is 13.0. The summed E-state index contributed by atoms with van der Waals surface area (Å²) in [7, 11) is 0. The zero-order valence-electron chi connectivity index (χ0n) is 11.8. The first kappa shape index (κ1) is 15.3. The van der Waals surface area contributed by atoms with Crippen molar-refractivity contribution < 1.29 is 9.18 Å². The lowest BCUT2D eigenvalue weighted by molar-refractivity contribution is 0.0949. The van der Waals surface area contributed by atoms with Crippen LogP contribution in [0, 0.1) is 5.82 Å². The SMILES string of the molecule is O=C(NCc1nnnn1-c1ccc(F)cc1)c1ccc(Br)cc1. The van der Waals surface area contributed by atoms with E-state index < -0.39 is 0 Å². The first-order valence-electron chi connectivity index (χ1n) is 6.70. The summed E-state index contributed by atoms with van der Waals surface area (Å²) in [6.45, 7) is 0.152. The van der Waals surface area contributed by atoms with E-state index in [9.17, 15) is 9.18 Å². The molecule has 3 aromatic rings. The van der Waals surface area contributed by atoms with E-state index >= 15 is 0 Å². The van der Waals surface area contributed by atoms with Crippen molar-refractivity contribution in [1.82, 2.24) is 25.5 Å². The zero-order valence-corrected chi connectivity index (χ0v) is 13.4. The summed E-state index contributed by atoms with van der Waals surface area (Å²) in [6, 6.07) is 12.8. The van der Waals surface area contributed by atoms with Crippen molar-refractivity contribution in [2.45, 2.75) is 6.54 Å². The molecule has 2 aromatic carbocycles.